The first-order valence-corrected chi connectivity index (χ1v) is 14.6. The predicted molar refractivity (Wildman–Crippen MR) is 139 cm³/mol. The van der Waals surface area contributed by atoms with Crippen LogP contribution < -0.4 is 5.32 Å². The Bertz CT molecular complexity index is 934. The maximum Gasteiger partial charge on any atom is 0.323 e. The molecule has 3 aliphatic rings. The smallest absolute Gasteiger partial charge is 0.323 e. The summed E-state index contributed by atoms with van der Waals surface area (Å²) in [4.78, 5) is 27.3. The van der Waals surface area contributed by atoms with Crippen LogP contribution >= 0.6 is 0 Å². The third-order valence-electron chi connectivity index (χ3n) is 8.20. The van der Waals surface area contributed by atoms with Gasteiger partial charge in [0.1, 0.15) is 12.1 Å². The van der Waals surface area contributed by atoms with E-state index in [4.69, 9.17) is 9.47 Å². The molecule has 4 rings (SSSR count). The Kier molecular flexibility index (Phi) is 10.1. The molecule has 2 heterocycles. The third kappa shape index (κ3) is 7.17. The zero-order valence-electron chi connectivity index (χ0n) is 21.9. The second kappa shape index (κ2) is 13.3. The van der Waals surface area contributed by atoms with Crippen LogP contribution in [0.1, 0.15) is 51.5 Å². The topological polar surface area (TPSA) is 111 Å². The molecule has 0 bridgehead atoms. The highest BCUT2D eigenvalue weighted by Gasteiger charge is 2.43. The Labute approximate surface area is 222 Å². The number of hydrogen-bond acceptors (Lipinski definition) is 8. The Balaban J connectivity index is 1.42. The van der Waals surface area contributed by atoms with Crippen LogP contribution in [0.5, 0.6) is 0 Å². The van der Waals surface area contributed by atoms with Crippen LogP contribution in [0.15, 0.2) is 30.3 Å². The fraction of sp³-hybridized carbons (Fsp3) is 0.704. The normalized spacial score (nSPS) is 31.0. The molecule has 2 aliphatic heterocycles. The molecule has 1 unspecified atom stereocenters. The summed E-state index contributed by atoms with van der Waals surface area (Å²) in [5.41, 5.74) is 0.915. The number of nitrogens with one attached hydrogen (secondary N) is 1. The number of rotatable bonds is 10. The van der Waals surface area contributed by atoms with Gasteiger partial charge in [-0.3, -0.25) is 18.7 Å². The summed E-state index contributed by atoms with van der Waals surface area (Å²) in [6.45, 7) is 6.64. The van der Waals surface area contributed by atoms with Gasteiger partial charge in [-0.25, -0.2) is 4.31 Å². The zero-order valence-corrected chi connectivity index (χ0v) is 22.7. The fourth-order valence-corrected chi connectivity index (χ4v) is 7.07. The average molecular weight is 535 g/mol. The maximum absolute atomic E-state index is 12.9. The van der Waals surface area contributed by atoms with Crippen LogP contribution in [0, 0.1) is 17.8 Å². The molecule has 2 saturated heterocycles. The summed E-state index contributed by atoms with van der Waals surface area (Å²) in [7, 11) is 0. The molecule has 0 radical (unpaired) electrons. The monoisotopic (exact) mass is 534 g/mol. The molecule has 0 spiro atoms. The van der Waals surface area contributed by atoms with Gasteiger partial charge in [0.2, 0.25) is 0 Å². The first-order valence-electron chi connectivity index (χ1n) is 13.6. The van der Waals surface area contributed by atoms with Crippen molar-refractivity contribution in [3.05, 3.63) is 35.9 Å². The summed E-state index contributed by atoms with van der Waals surface area (Å²) in [5, 5.41) is 3.37. The standard InChI is InChI=1S/C27H41N3O6S/c1-3-35-26(31)24-13-22-12-20(10-11-21(22)15-28-24)16-29-18-23(14-25(29)27(32)36-4-2)30(37(33)34)17-19-8-6-5-7-9-19/h5-9,20-25,28H,3-4,10-18H2,1-2H3,(H,33,34)/p-1/t20-,21-,22+,23-,24-,25-/m0/s1. The Hall–Kier alpha value is -1.85. The van der Waals surface area contributed by atoms with E-state index in [2.05, 4.69) is 10.2 Å². The van der Waals surface area contributed by atoms with E-state index in [9.17, 15) is 18.4 Å². The lowest BCUT2D eigenvalue weighted by Crippen LogP contribution is -2.51. The van der Waals surface area contributed by atoms with Gasteiger partial charge in [-0.2, -0.15) is 0 Å². The number of benzene rings is 1. The fourth-order valence-electron chi connectivity index (χ4n) is 6.42. The second-order valence-corrected chi connectivity index (χ2v) is 11.4. The van der Waals surface area contributed by atoms with Gasteiger partial charge >= 0.3 is 11.9 Å². The van der Waals surface area contributed by atoms with Gasteiger partial charge in [-0.15, -0.1) is 0 Å². The molecular weight excluding hydrogens is 494 g/mol. The molecule has 7 atom stereocenters. The number of likely N-dealkylation sites (tertiary alicyclic amines) is 1. The van der Waals surface area contributed by atoms with E-state index in [0.717, 1.165) is 44.3 Å². The van der Waals surface area contributed by atoms with Crippen molar-refractivity contribution in [1.29, 1.82) is 0 Å². The van der Waals surface area contributed by atoms with Crippen molar-refractivity contribution in [2.75, 3.05) is 32.8 Å². The molecule has 0 aromatic heterocycles. The van der Waals surface area contributed by atoms with Crippen LogP contribution in [0.25, 0.3) is 0 Å². The molecule has 1 saturated carbocycles. The first-order chi connectivity index (χ1) is 17.9. The minimum absolute atomic E-state index is 0.169. The van der Waals surface area contributed by atoms with Crippen molar-refractivity contribution in [2.45, 2.75) is 70.6 Å². The highest BCUT2D eigenvalue weighted by Crippen LogP contribution is 2.40. The molecule has 1 aliphatic carbocycles. The average Bonchev–Trinajstić information content (AvgIpc) is 3.31. The van der Waals surface area contributed by atoms with Gasteiger partial charge in [0.15, 0.2) is 0 Å². The number of esters is 2. The molecule has 3 fully saturated rings. The number of ether oxygens (including phenoxy) is 2. The summed E-state index contributed by atoms with van der Waals surface area (Å²) in [6.07, 6.45) is 4.35. The van der Waals surface area contributed by atoms with E-state index in [0.29, 0.717) is 43.9 Å². The van der Waals surface area contributed by atoms with Crippen molar-refractivity contribution in [1.82, 2.24) is 14.5 Å². The van der Waals surface area contributed by atoms with Crippen LogP contribution in [0.4, 0.5) is 0 Å². The van der Waals surface area contributed by atoms with E-state index >= 15 is 0 Å². The van der Waals surface area contributed by atoms with E-state index in [1.165, 1.54) is 4.31 Å². The predicted octanol–water partition coefficient (Wildman–Crippen LogP) is 2.25. The number of carbonyl (C=O) groups is 2. The van der Waals surface area contributed by atoms with Crippen molar-refractivity contribution in [2.24, 2.45) is 17.8 Å². The molecule has 1 aromatic rings. The maximum atomic E-state index is 12.9. The SMILES string of the molecule is CCOC(=O)[C@@H]1C[C@H]2C[C@@H](CN3C[C@@H](N(Cc4ccccc4)S(=O)[O-])C[C@H]3C(=O)OCC)CC[C@H]2CN1. The van der Waals surface area contributed by atoms with Gasteiger partial charge in [-0.05, 0) is 75.8 Å². The number of hydrogen-bond donors (Lipinski definition) is 1. The molecule has 37 heavy (non-hydrogen) atoms. The lowest BCUT2D eigenvalue weighted by atomic mass is 9.69. The Morgan fingerprint density at radius 2 is 1.78 bits per heavy atom. The molecule has 9 nitrogen and oxygen atoms in total. The minimum Gasteiger partial charge on any atom is -0.760 e. The molecular formula is C27H40N3O6S-. The second-order valence-electron chi connectivity index (χ2n) is 10.5. The molecule has 1 N–H and O–H groups in total. The third-order valence-corrected chi connectivity index (χ3v) is 9.01. The zero-order chi connectivity index (χ0) is 26.4. The first kappa shape index (κ1) is 28.2. The quantitative estimate of drug-likeness (QED) is 0.359. The van der Waals surface area contributed by atoms with Crippen LogP contribution in [-0.4, -0.2) is 80.9 Å². The highest BCUT2D eigenvalue weighted by molar-refractivity contribution is 7.76. The summed E-state index contributed by atoms with van der Waals surface area (Å²) in [5.74, 6) is 0.936. The van der Waals surface area contributed by atoms with Crippen molar-refractivity contribution in [3.63, 3.8) is 0 Å². The summed E-state index contributed by atoms with van der Waals surface area (Å²) < 4.78 is 36.5. The van der Waals surface area contributed by atoms with Crippen molar-refractivity contribution >= 4 is 23.2 Å². The molecule has 1 aromatic carbocycles. The van der Waals surface area contributed by atoms with E-state index in [-0.39, 0.29) is 30.6 Å². The highest BCUT2D eigenvalue weighted by atomic mass is 32.2. The Morgan fingerprint density at radius 3 is 2.49 bits per heavy atom. The van der Waals surface area contributed by atoms with Gasteiger partial charge in [0.25, 0.3) is 0 Å². The van der Waals surface area contributed by atoms with Crippen molar-refractivity contribution < 1.29 is 27.8 Å². The molecule has 206 valence electrons. The number of piperidine rings is 1. The van der Waals surface area contributed by atoms with E-state index < -0.39 is 17.3 Å². The number of fused-ring (bicyclic) bond motifs is 1. The summed E-state index contributed by atoms with van der Waals surface area (Å²) >= 11 is -2.41. The lowest BCUT2D eigenvalue weighted by Gasteiger charge is -2.43. The molecule has 10 heteroatoms. The van der Waals surface area contributed by atoms with Crippen LogP contribution in [-0.2, 0) is 36.9 Å². The van der Waals surface area contributed by atoms with E-state index in [1.54, 1.807) is 6.92 Å². The Morgan fingerprint density at radius 1 is 1.05 bits per heavy atom. The largest absolute Gasteiger partial charge is 0.760 e. The molecule has 0 amide bonds. The number of nitrogens with zero attached hydrogens (tertiary/aromatic N) is 2. The van der Waals surface area contributed by atoms with Crippen LogP contribution in [0.2, 0.25) is 0 Å². The van der Waals surface area contributed by atoms with Gasteiger partial charge in [0.05, 0.1) is 13.2 Å². The van der Waals surface area contributed by atoms with Crippen LogP contribution in [0.3, 0.4) is 0 Å². The van der Waals surface area contributed by atoms with Gasteiger partial charge in [-0.1, -0.05) is 30.3 Å². The van der Waals surface area contributed by atoms with Gasteiger partial charge < -0.3 is 19.3 Å². The van der Waals surface area contributed by atoms with Gasteiger partial charge in [0, 0.05) is 36.9 Å². The van der Waals surface area contributed by atoms with E-state index in [1.807, 2.05) is 37.3 Å². The summed E-state index contributed by atoms with van der Waals surface area (Å²) in [6, 6.07) is 8.53. The van der Waals surface area contributed by atoms with Crippen molar-refractivity contribution in [3.8, 4) is 0 Å². The lowest BCUT2D eigenvalue weighted by molar-refractivity contribution is -0.149. The number of carbonyl (C=O) groups excluding carboxylic acids is 2. The minimum atomic E-state index is -2.41.